The van der Waals surface area contributed by atoms with Gasteiger partial charge in [-0.1, -0.05) is 67.2 Å². The number of non-ortho nitro benzene ring substituents is 1. The van der Waals surface area contributed by atoms with Crippen molar-refractivity contribution in [1.82, 2.24) is 20.2 Å². The number of nitrogens with one attached hydrogen (secondary N) is 1. The molecule has 0 fully saturated rings. The van der Waals surface area contributed by atoms with Crippen LogP contribution < -0.4 is 5.43 Å². The molecule has 3 aromatic rings. The van der Waals surface area contributed by atoms with Gasteiger partial charge in [0.2, 0.25) is 0 Å². The van der Waals surface area contributed by atoms with Crippen LogP contribution in [0.2, 0.25) is 0 Å². The maximum absolute atomic E-state index is 12.3. The normalized spacial score (nSPS) is 11.2. The average Bonchev–Trinajstić information content (AvgIpc) is 3.21. The smallest absolute Gasteiger partial charge is 0.270 e. The Labute approximate surface area is 189 Å². The molecule has 3 rings (SSSR count). The number of hydrazone groups is 1. The number of amides is 1. The molecule has 0 unspecified atom stereocenters. The highest BCUT2D eigenvalue weighted by Crippen LogP contribution is 2.26. The predicted molar refractivity (Wildman–Crippen MR) is 124 cm³/mol. The summed E-state index contributed by atoms with van der Waals surface area (Å²) in [5.74, 6) is 0.272. The lowest BCUT2D eigenvalue weighted by Crippen LogP contribution is -2.22. The average molecular weight is 451 g/mol. The number of hydrogen-bond donors (Lipinski definition) is 1. The molecule has 1 heterocycles. The molecule has 2 aromatic carbocycles. The number of aromatic nitrogens is 3. The summed E-state index contributed by atoms with van der Waals surface area (Å²) in [6, 6.07) is 15.8. The molecule has 32 heavy (non-hydrogen) atoms. The minimum atomic E-state index is -0.460. The Morgan fingerprint density at radius 3 is 2.72 bits per heavy atom. The van der Waals surface area contributed by atoms with Crippen LogP contribution in [0.3, 0.4) is 0 Å². The van der Waals surface area contributed by atoms with E-state index in [0.717, 1.165) is 11.3 Å². The summed E-state index contributed by atoms with van der Waals surface area (Å²) in [5, 5.41) is 24.2. The molecule has 0 aliphatic carbocycles. The Balaban J connectivity index is 1.72. The third kappa shape index (κ3) is 5.67. The number of nitrogens with zero attached hydrogens (tertiary/aromatic N) is 5. The van der Waals surface area contributed by atoms with Crippen molar-refractivity contribution in [2.75, 3.05) is 5.75 Å². The Morgan fingerprint density at radius 2 is 2.03 bits per heavy atom. The van der Waals surface area contributed by atoms with Gasteiger partial charge < -0.3 is 0 Å². The van der Waals surface area contributed by atoms with Gasteiger partial charge in [-0.25, -0.2) is 5.43 Å². The molecular weight excluding hydrogens is 428 g/mol. The highest BCUT2D eigenvalue weighted by Gasteiger charge is 2.17. The van der Waals surface area contributed by atoms with Gasteiger partial charge in [-0.3, -0.25) is 19.5 Å². The van der Waals surface area contributed by atoms with Crippen LogP contribution >= 0.6 is 11.8 Å². The van der Waals surface area contributed by atoms with E-state index in [1.165, 1.54) is 23.9 Å². The van der Waals surface area contributed by atoms with Crippen LogP contribution in [0.4, 0.5) is 5.69 Å². The molecule has 0 aliphatic heterocycles. The summed E-state index contributed by atoms with van der Waals surface area (Å²) < 4.78 is 1.76. The van der Waals surface area contributed by atoms with E-state index in [1.807, 2.05) is 37.3 Å². The number of hydrogen-bond acceptors (Lipinski definition) is 7. The second kappa shape index (κ2) is 11.0. The lowest BCUT2D eigenvalue weighted by Gasteiger charge is -2.08. The van der Waals surface area contributed by atoms with E-state index in [0.29, 0.717) is 29.5 Å². The van der Waals surface area contributed by atoms with Crippen molar-refractivity contribution in [3.63, 3.8) is 0 Å². The molecule has 0 aliphatic rings. The summed E-state index contributed by atoms with van der Waals surface area (Å²) in [5.41, 5.74) is 4.85. The Bertz CT molecular complexity index is 1140. The molecule has 0 saturated carbocycles. The van der Waals surface area contributed by atoms with Crippen molar-refractivity contribution in [1.29, 1.82) is 0 Å². The van der Waals surface area contributed by atoms with Gasteiger partial charge in [-0.15, -0.1) is 16.8 Å². The Morgan fingerprint density at radius 1 is 1.25 bits per heavy atom. The molecule has 1 N–H and O–H groups in total. The van der Waals surface area contributed by atoms with E-state index < -0.39 is 4.92 Å². The number of nitro benzene ring substituents is 1. The first-order valence-corrected chi connectivity index (χ1v) is 10.8. The fraction of sp³-hybridized carbons (Fsp3) is 0.182. The summed E-state index contributed by atoms with van der Waals surface area (Å²) in [7, 11) is 0. The van der Waals surface area contributed by atoms with Crippen molar-refractivity contribution >= 4 is 29.1 Å². The predicted octanol–water partition coefficient (Wildman–Crippen LogP) is 4.06. The van der Waals surface area contributed by atoms with Crippen molar-refractivity contribution in [3.8, 4) is 11.4 Å². The fourth-order valence-corrected chi connectivity index (χ4v) is 3.67. The van der Waals surface area contributed by atoms with Crippen molar-refractivity contribution in [2.24, 2.45) is 5.10 Å². The van der Waals surface area contributed by atoms with Gasteiger partial charge in [0.1, 0.15) is 0 Å². The molecular formula is C22H22N6O3S. The number of carbonyl (C=O) groups excluding carboxylic acids is 1. The maximum atomic E-state index is 12.3. The molecule has 1 aromatic heterocycles. The molecule has 0 radical (unpaired) electrons. The summed E-state index contributed by atoms with van der Waals surface area (Å²) in [6.45, 7) is 6.11. The van der Waals surface area contributed by atoms with E-state index in [-0.39, 0.29) is 17.3 Å². The fourth-order valence-electron chi connectivity index (χ4n) is 2.93. The van der Waals surface area contributed by atoms with E-state index in [1.54, 1.807) is 22.8 Å². The molecule has 1 amide bonds. The standard InChI is InChI=1S/C22H22N6O3S/c1-3-13-27-21(17-11-8-12-18(14-17)28(30)31)25-26-22(27)32-15-20(29)24-23-19(4-2)16-9-6-5-7-10-16/h3,5-12,14H,1,4,13,15H2,2H3,(H,24,29). The molecule has 0 atom stereocenters. The lowest BCUT2D eigenvalue weighted by atomic mass is 10.1. The van der Waals surface area contributed by atoms with Crippen LogP contribution in [0.15, 0.2) is 77.5 Å². The van der Waals surface area contributed by atoms with Crippen molar-refractivity contribution in [3.05, 3.63) is 82.9 Å². The van der Waals surface area contributed by atoms with Crippen LogP contribution in [-0.4, -0.2) is 37.1 Å². The second-order valence-corrected chi connectivity index (χ2v) is 7.56. The first kappa shape index (κ1) is 22.9. The number of nitro groups is 1. The monoisotopic (exact) mass is 450 g/mol. The summed E-state index contributed by atoms with van der Waals surface area (Å²) >= 11 is 1.20. The van der Waals surface area contributed by atoms with Crippen LogP contribution in [0.1, 0.15) is 18.9 Å². The second-order valence-electron chi connectivity index (χ2n) is 6.61. The van der Waals surface area contributed by atoms with Crippen molar-refractivity contribution < 1.29 is 9.72 Å². The van der Waals surface area contributed by atoms with E-state index in [9.17, 15) is 14.9 Å². The first-order valence-electron chi connectivity index (χ1n) is 9.86. The van der Waals surface area contributed by atoms with Crippen LogP contribution in [0.25, 0.3) is 11.4 Å². The Kier molecular flexibility index (Phi) is 7.87. The van der Waals surface area contributed by atoms with Crippen LogP contribution in [0.5, 0.6) is 0 Å². The maximum Gasteiger partial charge on any atom is 0.270 e. The SMILES string of the molecule is C=CCn1c(SCC(=O)NN=C(CC)c2ccccc2)nnc1-c1cccc([N+](=O)[O-])c1. The number of benzene rings is 2. The summed E-state index contributed by atoms with van der Waals surface area (Å²) in [6.07, 6.45) is 2.35. The first-order chi connectivity index (χ1) is 15.5. The highest BCUT2D eigenvalue weighted by molar-refractivity contribution is 7.99. The zero-order chi connectivity index (χ0) is 22.9. The molecule has 0 saturated heterocycles. The zero-order valence-corrected chi connectivity index (χ0v) is 18.3. The third-order valence-electron chi connectivity index (χ3n) is 4.43. The number of thioether (sulfide) groups is 1. The minimum Gasteiger partial charge on any atom is -0.298 e. The van der Waals surface area contributed by atoms with Crippen molar-refractivity contribution in [2.45, 2.75) is 25.0 Å². The molecule has 164 valence electrons. The topological polar surface area (TPSA) is 115 Å². The molecule has 10 heteroatoms. The van der Waals surface area contributed by atoms with Gasteiger partial charge in [-0.2, -0.15) is 5.10 Å². The quantitative estimate of drug-likeness (QED) is 0.164. The van der Waals surface area contributed by atoms with E-state index in [2.05, 4.69) is 27.3 Å². The van der Waals surface area contributed by atoms with Gasteiger partial charge in [0.15, 0.2) is 11.0 Å². The third-order valence-corrected chi connectivity index (χ3v) is 5.40. The molecule has 0 bridgehead atoms. The highest BCUT2D eigenvalue weighted by atomic mass is 32.2. The largest absolute Gasteiger partial charge is 0.298 e. The molecule has 9 nitrogen and oxygen atoms in total. The van der Waals surface area contributed by atoms with Gasteiger partial charge in [0.05, 0.1) is 16.4 Å². The van der Waals surface area contributed by atoms with Crippen LogP contribution in [-0.2, 0) is 11.3 Å². The zero-order valence-electron chi connectivity index (χ0n) is 17.5. The van der Waals surface area contributed by atoms with Crippen LogP contribution in [0, 0.1) is 10.1 Å². The lowest BCUT2D eigenvalue weighted by molar-refractivity contribution is -0.384. The van der Waals surface area contributed by atoms with Gasteiger partial charge in [0.25, 0.3) is 11.6 Å². The number of rotatable bonds is 10. The van der Waals surface area contributed by atoms with E-state index in [4.69, 9.17) is 0 Å². The Hall–Kier alpha value is -3.79. The number of allylic oxidation sites excluding steroid dienone is 1. The summed E-state index contributed by atoms with van der Waals surface area (Å²) in [4.78, 5) is 23.0. The molecule has 0 spiro atoms. The van der Waals surface area contributed by atoms with Gasteiger partial charge >= 0.3 is 0 Å². The minimum absolute atomic E-state index is 0.0350. The van der Waals surface area contributed by atoms with E-state index >= 15 is 0 Å². The number of carbonyl (C=O) groups is 1. The van der Waals surface area contributed by atoms with Gasteiger partial charge in [0, 0.05) is 24.2 Å². The van der Waals surface area contributed by atoms with Gasteiger partial charge in [-0.05, 0) is 12.0 Å².